The Morgan fingerprint density at radius 1 is 1.05 bits per heavy atom. The van der Waals surface area contributed by atoms with Crippen LogP contribution in [0.1, 0.15) is 17.3 Å². The number of halogens is 2. The quantitative estimate of drug-likeness (QED) is 0.737. The Morgan fingerprint density at radius 2 is 1.68 bits per heavy atom. The van der Waals surface area contributed by atoms with Gasteiger partial charge in [-0.2, -0.15) is 0 Å². The van der Waals surface area contributed by atoms with Gasteiger partial charge in [-0.05, 0) is 59.3 Å². The second-order valence-corrected chi connectivity index (χ2v) is 6.29. The zero-order valence-electron chi connectivity index (χ0n) is 11.7. The molecule has 1 N–H and O–H groups in total. The number of amides is 1. The lowest BCUT2D eigenvalue weighted by atomic mass is 10.2. The fourth-order valence-electron chi connectivity index (χ4n) is 1.68. The van der Waals surface area contributed by atoms with Crippen LogP contribution in [0.3, 0.4) is 0 Å². The van der Waals surface area contributed by atoms with E-state index in [1.807, 2.05) is 12.1 Å². The smallest absolute Gasteiger partial charge is 0.340 e. The molecular weight excluding hydrogens is 414 g/mol. The van der Waals surface area contributed by atoms with Gasteiger partial charge in [-0.15, -0.1) is 0 Å². The van der Waals surface area contributed by atoms with Crippen molar-refractivity contribution in [2.75, 3.05) is 5.32 Å². The van der Waals surface area contributed by atoms with E-state index in [4.69, 9.17) is 4.74 Å². The number of hydrogen-bond acceptors (Lipinski definition) is 3. The molecule has 2 aromatic rings. The molecule has 0 aliphatic heterocycles. The fraction of sp³-hybridized carbons (Fsp3) is 0.125. The monoisotopic (exact) mass is 425 g/mol. The molecule has 0 bridgehead atoms. The number of anilines is 1. The molecule has 0 aliphatic carbocycles. The maximum Gasteiger partial charge on any atom is 0.340 e. The second-order valence-electron chi connectivity index (χ2n) is 4.52. The second kappa shape index (κ2) is 7.56. The van der Waals surface area contributed by atoms with E-state index in [2.05, 4.69) is 37.2 Å². The molecule has 0 aliphatic rings. The SMILES string of the molecule is C[C@@H](OC(=O)c1ccccc1Br)C(=O)Nc1ccc(Br)cc1. The van der Waals surface area contributed by atoms with Crippen LogP contribution in [0.2, 0.25) is 0 Å². The largest absolute Gasteiger partial charge is 0.449 e. The Kier molecular flexibility index (Phi) is 5.74. The van der Waals surface area contributed by atoms with E-state index in [9.17, 15) is 9.59 Å². The lowest BCUT2D eigenvalue weighted by molar-refractivity contribution is -0.123. The van der Waals surface area contributed by atoms with Gasteiger partial charge in [0.25, 0.3) is 5.91 Å². The Hall–Kier alpha value is -1.66. The molecule has 0 heterocycles. The van der Waals surface area contributed by atoms with Crippen molar-refractivity contribution < 1.29 is 14.3 Å². The predicted molar refractivity (Wildman–Crippen MR) is 91.8 cm³/mol. The number of nitrogens with one attached hydrogen (secondary N) is 1. The van der Waals surface area contributed by atoms with Crippen molar-refractivity contribution in [3.8, 4) is 0 Å². The van der Waals surface area contributed by atoms with Gasteiger partial charge in [0.15, 0.2) is 6.10 Å². The molecule has 0 aromatic heterocycles. The van der Waals surface area contributed by atoms with Crippen LogP contribution in [0.15, 0.2) is 57.5 Å². The fourth-order valence-corrected chi connectivity index (χ4v) is 2.39. The molecule has 0 radical (unpaired) electrons. The normalized spacial score (nSPS) is 11.6. The van der Waals surface area contributed by atoms with E-state index in [1.165, 1.54) is 6.92 Å². The Labute approximate surface area is 145 Å². The third-order valence-electron chi connectivity index (χ3n) is 2.86. The summed E-state index contributed by atoms with van der Waals surface area (Å²) in [4.78, 5) is 24.1. The maximum absolute atomic E-state index is 12.0. The van der Waals surface area contributed by atoms with Gasteiger partial charge in [-0.1, -0.05) is 28.1 Å². The average molecular weight is 427 g/mol. The van der Waals surface area contributed by atoms with Gasteiger partial charge in [0.2, 0.25) is 0 Å². The van der Waals surface area contributed by atoms with E-state index in [-0.39, 0.29) is 5.91 Å². The molecule has 114 valence electrons. The van der Waals surface area contributed by atoms with Crippen LogP contribution in [-0.4, -0.2) is 18.0 Å². The van der Waals surface area contributed by atoms with Crippen molar-refractivity contribution in [1.82, 2.24) is 0 Å². The minimum absolute atomic E-state index is 0.380. The highest BCUT2D eigenvalue weighted by atomic mass is 79.9. The first-order chi connectivity index (χ1) is 10.5. The van der Waals surface area contributed by atoms with Crippen LogP contribution in [0.4, 0.5) is 5.69 Å². The number of carbonyl (C=O) groups is 2. The van der Waals surface area contributed by atoms with Crippen LogP contribution in [0.5, 0.6) is 0 Å². The molecule has 2 rings (SSSR count). The van der Waals surface area contributed by atoms with Crippen LogP contribution >= 0.6 is 31.9 Å². The number of carbonyl (C=O) groups excluding carboxylic acids is 2. The number of esters is 1. The molecule has 0 saturated carbocycles. The van der Waals surface area contributed by atoms with E-state index in [0.29, 0.717) is 15.7 Å². The molecule has 6 heteroatoms. The summed E-state index contributed by atoms with van der Waals surface area (Å²) in [6.45, 7) is 1.53. The standard InChI is InChI=1S/C16H13Br2NO3/c1-10(15(20)19-12-8-6-11(17)7-9-12)22-16(21)13-4-2-3-5-14(13)18/h2-10H,1H3,(H,19,20)/t10-/m1/s1. The highest BCUT2D eigenvalue weighted by Gasteiger charge is 2.20. The third kappa shape index (κ3) is 4.42. The highest BCUT2D eigenvalue weighted by Crippen LogP contribution is 2.18. The third-order valence-corrected chi connectivity index (χ3v) is 4.08. The summed E-state index contributed by atoms with van der Waals surface area (Å²) < 4.78 is 6.73. The predicted octanol–water partition coefficient (Wildman–Crippen LogP) is 4.40. The van der Waals surface area contributed by atoms with Gasteiger partial charge in [0, 0.05) is 14.6 Å². The molecule has 1 amide bonds. The zero-order valence-corrected chi connectivity index (χ0v) is 14.8. The first-order valence-electron chi connectivity index (χ1n) is 6.49. The van der Waals surface area contributed by atoms with Crippen molar-refractivity contribution in [2.24, 2.45) is 0 Å². The minimum Gasteiger partial charge on any atom is -0.449 e. The van der Waals surface area contributed by atoms with Crippen LogP contribution in [0, 0.1) is 0 Å². The van der Waals surface area contributed by atoms with E-state index < -0.39 is 12.1 Å². The summed E-state index contributed by atoms with van der Waals surface area (Å²) in [6, 6.07) is 14.0. The first-order valence-corrected chi connectivity index (χ1v) is 8.08. The van der Waals surface area contributed by atoms with Gasteiger partial charge in [-0.25, -0.2) is 4.79 Å². The summed E-state index contributed by atoms with van der Waals surface area (Å²) in [6.07, 6.45) is -0.900. The molecule has 1 atom stereocenters. The lowest BCUT2D eigenvalue weighted by Crippen LogP contribution is -2.30. The van der Waals surface area contributed by atoms with Gasteiger partial charge in [0.05, 0.1) is 5.56 Å². The summed E-state index contributed by atoms with van der Waals surface area (Å²) in [5.74, 6) is -0.936. The highest BCUT2D eigenvalue weighted by molar-refractivity contribution is 9.10. The number of hydrogen-bond donors (Lipinski definition) is 1. The van der Waals surface area contributed by atoms with Crippen LogP contribution in [-0.2, 0) is 9.53 Å². The van der Waals surface area contributed by atoms with Gasteiger partial charge in [0.1, 0.15) is 0 Å². The van der Waals surface area contributed by atoms with Crippen molar-refractivity contribution in [3.05, 3.63) is 63.0 Å². The van der Waals surface area contributed by atoms with Gasteiger partial charge >= 0.3 is 5.97 Å². The van der Waals surface area contributed by atoms with Crippen LogP contribution in [0.25, 0.3) is 0 Å². The topological polar surface area (TPSA) is 55.4 Å². The van der Waals surface area contributed by atoms with Crippen molar-refractivity contribution in [3.63, 3.8) is 0 Å². The Morgan fingerprint density at radius 3 is 2.32 bits per heavy atom. The van der Waals surface area contributed by atoms with Crippen LogP contribution < -0.4 is 5.32 Å². The molecule has 22 heavy (non-hydrogen) atoms. The Bertz CT molecular complexity index is 686. The van der Waals surface area contributed by atoms with E-state index >= 15 is 0 Å². The molecule has 0 spiro atoms. The van der Waals surface area contributed by atoms with Gasteiger partial charge in [-0.3, -0.25) is 4.79 Å². The average Bonchev–Trinajstić information content (AvgIpc) is 2.49. The molecular formula is C16H13Br2NO3. The van der Waals surface area contributed by atoms with Crippen molar-refractivity contribution >= 4 is 49.4 Å². The first kappa shape index (κ1) is 16.7. The number of benzene rings is 2. The Balaban J connectivity index is 1.98. The number of ether oxygens (including phenoxy) is 1. The molecule has 4 nitrogen and oxygen atoms in total. The summed E-state index contributed by atoms with van der Waals surface area (Å²) >= 11 is 6.60. The summed E-state index contributed by atoms with van der Waals surface area (Å²) in [5, 5.41) is 2.69. The van der Waals surface area contributed by atoms with E-state index in [0.717, 1.165) is 4.47 Å². The van der Waals surface area contributed by atoms with Crippen molar-refractivity contribution in [1.29, 1.82) is 0 Å². The molecule has 0 saturated heterocycles. The lowest BCUT2D eigenvalue weighted by Gasteiger charge is -2.14. The molecule has 0 unspecified atom stereocenters. The minimum atomic E-state index is -0.900. The number of rotatable bonds is 4. The van der Waals surface area contributed by atoms with E-state index in [1.54, 1.807) is 36.4 Å². The summed E-state index contributed by atoms with van der Waals surface area (Å²) in [7, 11) is 0. The molecule has 0 fully saturated rings. The molecule has 2 aromatic carbocycles. The van der Waals surface area contributed by atoms with Crippen molar-refractivity contribution in [2.45, 2.75) is 13.0 Å². The summed E-state index contributed by atoms with van der Waals surface area (Å²) in [5.41, 5.74) is 1.02. The zero-order chi connectivity index (χ0) is 16.1. The maximum atomic E-state index is 12.0. The van der Waals surface area contributed by atoms with Gasteiger partial charge < -0.3 is 10.1 Å².